The number of halogens is 1. The summed E-state index contributed by atoms with van der Waals surface area (Å²) < 4.78 is 13.8. The molecule has 0 unspecified atom stereocenters. The Balaban J connectivity index is 1.55. The Morgan fingerprint density at radius 3 is 2.23 bits per heavy atom. The van der Waals surface area contributed by atoms with Gasteiger partial charge in [-0.05, 0) is 23.6 Å². The molecule has 1 atom stereocenters. The fraction of sp³-hybridized carbons (Fsp3) is 0.368. The van der Waals surface area contributed by atoms with Gasteiger partial charge in [-0.15, -0.1) is 0 Å². The second-order valence-corrected chi connectivity index (χ2v) is 6.05. The highest BCUT2D eigenvalue weighted by Gasteiger charge is 2.20. The normalized spacial score (nSPS) is 17.5. The van der Waals surface area contributed by atoms with Gasteiger partial charge in [0.1, 0.15) is 5.82 Å². The Hall–Kier alpha value is -1.87. The highest BCUT2D eigenvalue weighted by molar-refractivity contribution is 5.48. The van der Waals surface area contributed by atoms with E-state index in [9.17, 15) is 4.39 Å². The maximum atomic E-state index is 13.8. The summed E-state index contributed by atoms with van der Waals surface area (Å²) in [6.07, 6.45) is 0. The number of piperazine rings is 1. The highest BCUT2D eigenvalue weighted by atomic mass is 19.1. The molecule has 0 radical (unpaired) electrons. The van der Waals surface area contributed by atoms with Gasteiger partial charge in [0.25, 0.3) is 0 Å². The van der Waals surface area contributed by atoms with Crippen LogP contribution in [0.3, 0.4) is 0 Å². The van der Waals surface area contributed by atoms with Crippen LogP contribution >= 0.6 is 0 Å². The molecule has 0 spiro atoms. The van der Waals surface area contributed by atoms with Crippen LogP contribution in [0.4, 0.5) is 10.1 Å². The van der Waals surface area contributed by atoms with Crippen LogP contribution < -0.4 is 4.90 Å². The lowest BCUT2D eigenvalue weighted by molar-refractivity contribution is 0.245. The first-order chi connectivity index (χ1) is 10.7. The molecule has 0 saturated carbocycles. The third kappa shape index (κ3) is 3.47. The number of hydrogen-bond acceptors (Lipinski definition) is 2. The molecule has 116 valence electrons. The van der Waals surface area contributed by atoms with Gasteiger partial charge in [0, 0.05) is 32.7 Å². The average molecular weight is 298 g/mol. The lowest BCUT2D eigenvalue weighted by Crippen LogP contribution is -2.47. The molecule has 0 N–H and O–H groups in total. The third-order valence-corrected chi connectivity index (χ3v) is 4.47. The summed E-state index contributed by atoms with van der Waals surface area (Å²) in [5, 5.41) is 0. The molecule has 3 heteroatoms. The number of anilines is 1. The molecule has 1 saturated heterocycles. The van der Waals surface area contributed by atoms with Crippen LogP contribution in [-0.2, 0) is 0 Å². The summed E-state index contributed by atoms with van der Waals surface area (Å²) >= 11 is 0. The summed E-state index contributed by atoms with van der Waals surface area (Å²) in [4.78, 5) is 4.63. The zero-order chi connectivity index (χ0) is 15.4. The minimum Gasteiger partial charge on any atom is -0.367 e. The van der Waals surface area contributed by atoms with Crippen LogP contribution in [0.25, 0.3) is 0 Å². The Bertz CT molecular complexity index is 591. The van der Waals surface area contributed by atoms with Gasteiger partial charge in [-0.1, -0.05) is 49.4 Å². The van der Waals surface area contributed by atoms with E-state index in [1.54, 1.807) is 12.1 Å². The van der Waals surface area contributed by atoms with Crippen molar-refractivity contribution < 1.29 is 4.39 Å². The van der Waals surface area contributed by atoms with Crippen molar-refractivity contribution in [2.45, 2.75) is 12.8 Å². The Morgan fingerprint density at radius 2 is 1.55 bits per heavy atom. The van der Waals surface area contributed by atoms with Crippen molar-refractivity contribution in [1.29, 1.82) is 0 Å². The third-order valence-electron chi connectivity index (χ3n) is 4.47. The second-order valence-electron chi connectivity index (χ2n) is 6.05. The molecular formula is C19H23FN2. The fourth-order valence-corrected chi connectivity index (χ4v) is 3.15. The smallest absolute Gasteiger partial charge is 0.146 e. The number of benzene rings is 2. The van der Waals surface area contributed by atoms with Crippen molar-refractivity contribution in [3.63, 3.8) is 0 Å². The number of rotatable bonds is 4. The predicted molar refractivity (Wildman–Crippen MR) is 89.9 cm³/mol. The highest BCUT2D eigenvalue weighted by Crippen LogP contribution is 2.22. The Morgan fingerprint density at radius 1 is 0.909 bits per heavy atom. The van der Waals surface area contributed by atoms with Gasteiger partial charge in [0.2, 0.25) is 0 Å². The number of nitrogens with zero attached hydrogens (tertiary/aromatic N) is 2. The maximum absolute atomic E-state index is 13.8. The van der Waals surface area contributed by atoms with Gasteiger partial charge in [0.15, 0.2) is 0 Å². The van der Waals surface area contributed by atoms with E-state index in [0.717, 1.165) is 38.4 Å². The summed E-state index contributed by atoms with van der Waals surface area (Å²) in [6.45, 7) is 7.11. The molecule has 2 aromatic rings. The quantitative estimate of drug-likeness (QED) is 0.848. The number of para-hydroxylation sites is 1. The summed E-state index contributed by atoms with van der Waals surface area (Å²) in [6, 6.07) is 17.7. The molecule has 3 rings (SSSR count). The van der Waals surface area contributed by atoms with Gasteiger partial charge in [-0.25, -0.2) is 4.39 Å². The van der Waals surface area contributed by atoms with E-state index in [-0.39, 0.29) is 5.82 Å². The number of hydrogen-bond donors (Lipinski definition) is 0. The van der Waals surface area contributed by atoms with Crippen LogP contribution in [0.15, 0.2) is 54.6 Å². The van der Waals surface area contributed by atoms with E-state index < -0.39 is 0 Å². The summed E-state index contributed by atoms with van der Waals surface area (Å²) in [5.74, 6) is 0.412. The van der Waals surface area contributed by atoms with Gasteiger partial charge in [-0.2, -0.15) is 0 Å². The lowest BCUT2D eigenvalue weighted by atomic mass is 10.0. The zero-order valence-electron chi connectivity index (χ0n) is 13.1. The van der Waals surface area contributed by atoms with E-state index >= 15 is 0 Å². The Labute approximate surface area is 132 Å². The molecule has 2 aromatic carbocycles. The fourth-order valence-electron chi connectivity index (χ4n) is 3.15. The van der Waals surface area contributed by atoms with Crippen molar-refractivity contribution in [1.82, 2.24) is 4.90 Å². The van der Waals surface area contributed by atoms with E-state index in [1.807, 2.05) is 12.1 Å². The average Bonchev–Trinajstić information content (AvgIpc) is 2.57. The first-order valence-electron chi connectivity index (χ1n) is 8.01. The SMILES string of the molecule is C[C@H](CN1CCN(c2ccccc2F)CC1)c1ccccc1. The predicted octanol–water partition coefficient (Wildman–Crippen LogP) is 3.75. The zero-order valence-corrected chi connectivity index (χ0v) is 13.1. The standard InChI is InChI=1S/C19H23FN2/c1-16(17-7-3-2-4-8-17)15-21-11-13-22(14-12-21)19-10-6-5-9-18(19)20/h2-10,16H,11-15H2,1H3/t16-/m1/s1. The second kappa shape index (κ2) is 6.93. The van der Waals surface area contributed by atoms with Crippen molar-refractivity contribution in [2.75, 3.05) is 37.6 Å². The molecule has 1 fully saturated rings. The molecule has 2 nitrogen and oxygen atoms in total. The van der Waals surface area contributed by atoms with Crippen LogP contribution in [-0.4, -0.2) is 37.6 Å². The van der Waals surface area contributed by atoms with Crippen LogP contribution in [0, 0.1) is 5.82 Å². The Kier molecular flexibility index (Phi) is 4.74. The largest absolute Gasteiger partial charge is 0.367 e. The molecule has 1 heterocycles. The first kappa shape index (κ1) is 15.0. The summed E-state index contributed by atoms with van der Waals surface area (Å²) in [7, 11) is 0. The molecular weight excluding hydrogens is 275 g/mol. The molecule has 0 aliphatic carbocycles. The van der Waals surface area contributed by atoms with Crippen molar-refractivity contribution in [3.8, 4) is 0 Å². The van der Waals surface area contributed by atoms with E-state index in [1.165, 1.54) is 5.56 Å². The lowest BCUT2D eigenvalue weighted by Gasteiger charge is -2.37. The van der Waals surface area contributed by atoms with E-state index in [2.05, 4.69) is 47.1 Å². The van der Waals surface area contributed by atoms with Gasteiger partial charge in [0.05, 0.1) is 5.69 Å². The van der Waals surface area contributed by atoms with Gasteiger partial charge in [-0.3, -0.25) is 4.90 Å². The maximum Gasteiger partial charge on any atom is 0.146 e. The topological polar surface area (TPSA) is 6.48 Å². The molecule has 0 bridgehead atoms. The van der Waals surface area contributed by atoms with E-state index in [0.29, 0.717) is 5.92 Å². The monoisotopic (exact) mass is 298 g/mol. The first-order valence-corrected chi connectivity index (χ1v) is 8.01. The molecule has 22 heavy (non-hydrogen) atoms. The van der Waals surface area contributed by atoms with Gasteiger partial charge < -0.3 is 4.90 Å². The van der Waals surface area contributed by atoms with E-state index in [4.69, 9.17) is 0 Å². The van der Waals surface area contributed by atoms with Crippen molar-refractivity contribution in [2.24, 2.45) is 0 Å². The molecule has 1 aliphatic rings. The van der Waals surface area contributed by atoms with Crippen LogP contribution in [0.5, 0.6) is 0 Å². The van der Waals surface area contributed by atoms with Crippen molar-refractivity contribution in [3.05, 3.63) is 66.0 Å². The minimum atomic E-state index is -0.117. The van der Waals surface area contributed by atoms with Crippen molar-refractivity contribution >= 4 is 5.69 Å². The molecule has 1 aliphatic heterocycles. The van der Waals surface area contributed by atoms with Gasteiger partial charge >= 0.3 is 0 Å². The van der Waals surface area contributed by atoms with Crippen LogP contribution in [0.1, 0.15) is 18.4 Å². The minimum absolute atomic E-state index is 0.117. The molecule has 0 amide bonds. The summed E-state index contributed by atoms with van der Waals surface area (Å²) in [5.41, 5.74) is 2.12. The molecule has 0 aromatic heterocycles. The van der Waals surface area contributed by atoms with Crippen LogP contribution in [0.2, 0.25) is 0 Å².